The molecule has 1 atom stereocenters. The third-order valence-electron chi connectivity index (χ3n) is 4.65. The number of benzene rings is 2. The molecule has 0 amide bonds. The second-order valence-corrected chi connectivity index (χ2v) is 6.61. The van der Waals surface area contributed by atoms with E-state index in [1.165, 1.54) is 5.56 Å². The predicted molar refractivity (Wildman–Crippen MR) is 102 cm³/mol. The molecule has 25 heavy (non-hydrogen) atoms. The zero-order chi connectivity index (χ0) is 17.6. The maximum absolute atomic E-state index is 6.11. The summed E-state index contributed by atoms with van der Waals surface area (Å²) in [4.78, 5) is 2.50. The van der Waals surface area contributed by atoms with Gasteiger partial charge in [0, 0.05) is 30.2 Å². The lowest BCUT2D eigenvalue weighted by molar-refractivity contribution is 0.234. The van der Waals surface area contributed by atoms with Crippen LogP contribution in [0.25, 0.3) is 0 Å². The van der Waals surface area contributed by atoms with Crippen LogP contribution in [0.15, 0.2) is 42.5 Å². The van der Waals surface area contributed by atoms with Gasteiger partial charge in [0.05, 0.1) is 20.3 Å². The minimum absolute atomic E-state index is 0.0993. The molecule has 1 fully saturated rings. The standard InChI is InChI=1S/C20H25ClN2O2/c1-24-18-6-3-5-17(20(18)25-2)19(15-7-9-16(21)10-8-15)23-13-4-11-22-12-14-23/h3,5-10,19,22H,4,11-14H2,1-2H3. The van der Waals surface area contributed by atoms with Gasteiger partial charge in [-0.25, -0.2) is 0 Å². The summed E-state index contributed by atoms with van der Waals surface area (Å²) in [5.74, 6) is 1.55. The van der Waals surface area contributed by atoms with E-state index in [9.17, 15) is 0 Å². The number of hydrogen-bond acceptors (Lipinski definition) is 4. The Kier molecular flexibility index (Phi) is 6.19. The average molecular weight is 361 g/mol. The van der Waals surface area contributed by atoms with Gasteiger partial charge in [-0.2, -0.15) is 0 Å². The molecule has 4 nitrogen and oxygen atoms in total. The SMILES string of the molecule is COc1cccc(C(c2ccc(Cl)cc2)N2CCCNCC2)c1OC. The molecule has 0 radical (unpaired) electrons. The number of nitrogens with one attached hydrogen (secondary N) is 1. The highest BCUT2D eigenvalue weighted by Gasteiger charge is 2.27. The molecular weight excluding hydrogens is 336 g/mol. The van der Waals surface area contributed by atoms with Gasteiger partial charge < -0.3 is 14.8 Å². The average Bonchev–Trinajstić information content (AvgIpc) is 2.92. The van der Waals surface area contributed by atoms with E-state index in [4.69, 9.17) is 21.1 Å². The molecule has 0 spiro atoms. The molecule has 5 heteroatoms. The lowest BCUT2D eigenvalue weighted by Crippen LogP contribution is -2.33. The molecule has 1 N–H and O–H groups in total. The van der Waals surface area contributed by atoms with Crippen LogP contribution in [0.5, 0.6) is 11.5 Å². The second kappa shape index (κ2) is 8.56. The van der Waals surface area contributed by atoms with Gasteiger partial charge in [0.15, 0.2) is 11.5 Å². The van der Waals surface area contributed by atoms with Crippen molar-refractivity contribution in [1.29, 1.82) is 0 Å². The van der Waals surface area contributed by atoms with Gasteiger partial charge in [0.25, 0.3) is 0 Å². The van der Waals surface area contributed by atoms with E-state index in [0.29, 0.717) is 0 Å². The Morgan fingerprint density at radius 2 is 1.80 bits per heavy atom. The van der Waals surface area contributed by atoms with E-state index in [1.54, 1.807) is 14.2 Å². The summed E-state index contributed by atoms with van der Waals surface area (Å²) in [6.45, 7) is 4.05. The minimum atomic E-state index is 0.0993. The summed E-state index contributed by atoms with van der Waals surface area (Å²) in [5, 5.41) is 4.22. The Morgan fingerprint density at radius 1 is 1.00 bits per heavy atom. The van der Waals surface area contributed by atoms with Crippen LogP contribution in [-0.4, -0.2) is 45.3 Å². The molecule has 2 aromatic carbocycles. The molecule has 0 aliphatic carbocycles. The Labute approximate surface area is 154 Å². The Bertz CT molecular complexity index is 683. The summed E-state index contributed by atoms with van der Waals surface area (Å²) >= 11 is 6.11. The summed E-state index contributed by atoms with van der Waals surface area (Å²) in [5.41, 5.74) is 2.32. The van der Waals surface area contributed by atoms with Crippen LogP contribution in [0.3, 0.4) is 0 Å². The minimum Gasteiger partial charge on any atom is -0.493 e. The van der Waals surface area contributed by atoms with Gasteiger partial charge >= 0.3 is 0 Å². The lowest BCUT2D eigenvalue weighted by Gasteiger charge is -2.32. The fraction of sp³-hybridized carbons (Fsp3) is 0.400. The molecule has 1 heterocycles. The highest BCUT2D eigenvalue weighted by Crippen LogP contribution is 2.40. The van der Waals surface area contributed by atoms with Crippen molar-refractivity contribution in [1.82, 2.24) is 10.2 Å². The van der Waals surface area contributed by atoms with Crippen molar-refractivity contribution in [3.63, 3.8) is 0 Å². The summed E-state index contributed by atoms with van der Waals surface area (Å²) in [6, 6.07) is 14.3. The number of nitrogens with zero attached hydrogens (tertiary/aromatic N) is 1. The van der Waals surface area contributed by atoms with Crippen LogP contribution in [0.4, 0.5) is 0 Å². The molecule has 2 aromatic rings. The maximum Gasteiger partial charge on any atom is 0.165 e. The van der Waals surface area contributed by atoms with Crippen LogP contribution >= 0.6 is 11.6 Å². The quantitative estimate of drug-likeness (QED) is 0.880. The van der Waals surface area contributed by atoms with Crippen molar-refractivity contribution in [3.8, 4) is 11.5 Å². The third-order valence-corrected chi connectivity index (χ3v) is 4.91. The number of methoxy groups -OCH3 is 2. The number of ether oxygens (including phenoxy) is 2. The molecule has 0 saturated carbocycles. The molecule has 0 aromatic heterocycles. The Balaban J connectivity index is 2.09. The van der Waals surface area contributed by atoms with Gasteiger partial charge in [-0.3, -0.25) is 4.90 Å². The van der Waals surface area contributed by atoms with Crippen molar-refractivity contribution in [2.75, 3.05) is 40.4 Å². The number of rotatable bonds is 5. The van der Waals surface area contributed by atoms with Crippen molar-refractivity contribution < 1.29 is 9.47 Å². The van der Waals surface area contributed by atoms with Crippen molar-refractivity contribution in [3.05, 3.63) is 58.6 Å². The molecule has 0 bridgehead atoms. The first-order valence-corrected chi connectivity index (χ1v) is 9.03. The topological polar surface area (TPSA) is 33.7 Å². The van der Waals surface area contributed by atoms with Gasteiger partial charge in [0.2, 0.25) is 0 Å². The molecular formula is C20H25ClN2O2. The van der Waals surface area contributed by atoms with Crippen LogP contribution in [0, 0.1) is 0 Å². The number of halogens is 1. The van der Waals surface area contributed by atoms with Crippen LogP contribution < -0.4 is 14.8 Å². The zero-order valence-corrected chi connectivity index (χ0v) is 15.6. The van der Waals surface area contributed by atoms with Crippen LogP contribution in [0.2, 0.25) is 5.02 Å². The highest BCUT2D eigenvalue weighted by molar-refractivity contribution is 6.30. The first-order chi connectivity index (χ1) is 12.2. The van der Waals surface area contributed by atoms with E-state index >= 15 is 0 Å². The van der Waals surface area contributed by atoms with E-state index in [-0.39, 0.29) is 6.04 Å². The van der Waals surface area contributed by atoms with Crippen molar-refractivity contribution in [2.45, 2.75) is 12.5 Å². The molecule has 134 valence electrons. The van der Waals surface area contributed by atoms with E-state index in [1.807, 2.05) is 24.3 Å². The maximum atomic E-state index is 6.11. The molecule has 1 saturated heterocycles. The van der Waals surface area contributed by atoms with Crippen molar-refractivity contribution >= 4 is 11.6 Å². The Hall–Kier alpha value is -1.75. The number of hydrogen-bond donors (Lipinski definition) is 1. The largest absolute Gasteiger partial charge is 0.493 e. The van der Waals surface area contributed by atoms with Gasteiger partial charge in [-0.15, -0.1) is 0 Å². The van der Waals surface area contributed by atoms with E-state index in [0.717, 1.165) is 54.7 Å². The number of para-hydroxylation sites is 1. The summed E-state index contributed by atoms with van der Waals surface area (Å²) in [7, 11) is 3.37. The lowest BCUT2D eigenvalue weighted by atomic mass is 9.95. The van der Waals surface area contributed by atoms with Gasteiger partial charge in [-0.1, -0.05) is 35.9 Å². The molecule has 1 aliphatic heterocycles. The first-order valence-electron chi connectivity index (χ1n) is 8.65. The predicted octanol–water partition coefficient (Wildman–Crippen LogP) is 3.74. The summed E-state index contributed by atoms with van der Waals surface area (Å²) in [6.07, 6.45) is 1.12. The fourth-order valence-corrected chi connectivity index (χ4v) is 3.61. The van der Waals surface area contributed by atoms with Gasteiger partial charge in [0.1, 0.15) is 0 Å². The van der Waals surface area contributed by atoms with Crippen LogP contribution in [0.1, 0.15) is 23.6 Å². The normalized spacial score (nSPS) is 16.9. The van der Waals surface area contributed by atoms with Crippen LogP contribution in [-0.2, 0) is 0 Å². The third kappa shape index (κ3) is 4.09. The molecule has 1 unspecified atom stereocenters. The second-order valence-electron chi connectivity index (χ2n) is 6.18. The fourth-order valence-electron chi connectivity index (χ4n) is 3.48. The zero-order valence-electron chi connectivity index (χ0n) is 14.8. The molecule has 3 rings (SSSR count). The Morgan fingerprint density at radius 3 is 2.52 bits per heavy atom. The van der Waals surface area contributed by atoms with Crippen molar-refractivity contribution in [2.24, 2.45) is 0 Å². The smallest absolute Gasteiger partial charge is 0.165 e. The van der Waals surface area contributed by atoms with Gasteiger partial charge in [-0.05, 0) is 36.7 Å². The monoisotopic (exact) mass is 360 g/mol. The van der Waals surface area contributed by atoms with E-state index < -0.39 is 0 Å². The van der Waals surface area contributed by atoms with E-state index in [2.05, 4.69) is 28.4 Å². The highest BCUT2D eigenvalue weighted by atomic mass is 35.5. The first kappa shape index (κ1) is 18.1. The summed E-state index contributed by atoms with van der Waals surface area (Å²) < 4.78 is 11.2. The molecule has 1 aliphatic rings.